The van der Waals surface area contributed by atoms with Crippen molar-refractivity contribution in [2.24, 2.45) is 11.8 Å². The molecular formula is C14H25NO3. The molecule has 3 aliphatic rings. The van der Waals surface area contributed by atoms with Crippen LogP contribution in [0.2, 0.25) is 0 Å². The standard InChI is InChI=1S/C14H25NO3/c1-15-13(12-2-5-16-9-12)11-3-6-18-14(8-11)4-7-17-10-14/h11-13,15H,2-10H2,1H3. The third kappa shape index (κ3) is 2.44. The maximum atomic E-state index is 6.03. The lowest BCUT2D eigenvalue weighted by Crippen LogP contribution is -2.49. The van der Waals surface area contributed by atoms with E-state index in [2.05, 4.69) is 12.4 Å². The van der Waals surface area contributed by atoms with Gasteiger partial charge in [-0.05, 0) is 32.2 Å². The molecule has 18 heavy (non-hydrogen) atoms. The highest BCUT2D eigenvalue weighted by Gasteiger charge is 2.44. The fraction of sp³-hybridized carbons (Fsp3) is 1.00. The molecule has 104 valence electrons. The summed E-state index contributed by atoms with van der Waals surface area (Å²) in [5.74, 6) is 1.38. The smallest absolute Gasteiger partial charge is 0.0939 e. The average Bonchev–Trinajstić information content (AvgIpc) is 3.03. The Kier molecular flexibility index (Phi) is 3.89. The zero-order valence-corrected chi connectivity index (χ0v) is 11.3. The zero-order valence-electron chi connectivity index (χ0n) is 11.3. The van der Waals surface area contributed by atoms with E-state index < -0.39 is 0 Å². The topological polar surface area (TPSA) is 39.7 Å². The Morgan fingerprint density at radius 2 is 2.00 bits per heavy atom. The molecule has 0 bridgehead atoms. The molecule has 4 atom stereocenters. The molecule has 0 saturated carbocycles. The van der Waals surface area contributed by atoms with Crippen molar-refractivity contribution >= 4 is 0 Å². The van der Waals surface area contributed by atoms with Gasteiger partial charge < -0.3 is 19.5 Å². The Morgan fingerprint density at radius 3 is 2.67 bits per heavy atom. The highest BCUT2D eigenvalue weighted by atomic mass is 16.6. The molecule has 3 aliphatic heterocycles. The Balaban J connectivity index is 1.66. The van der Waals surface area contributed by atoms with Crippen molar-refractivity contribution in [3.63, 3.8) is 0 Å². The van der Waals surface area contributed by atoms with Gasteiger partial charge in [0.05, 0.1) is 18.8 Å². The average molecular weight is 255 g/mol. The normalized spacial score (nSPS) is 42.5. The minimum Gasteiger partial charge on any atom is -0.381 e. The molecule has 0 aromatic rings. The van der Waals surface area contributed by atoms with Gasteiger partial charge in [-0.15, -0.1) is 0 Å². The third-order valence-corrected chi connectivity index (χ3v) is 4.91. The molecule has 0 aromatic carbocycles. The van der Waals surface area contributed by atoms with Crippen molar-refractivity contribution in [3.8, 4) is 0 Å². The Bertz CT molecular complexity index is 272. The van der Waals surface area contributed by atoms with Crippen LogP contribution in [0.25, 0.3) is 0 Å². The van der Waals surface area contributed by atoms with Crippen LogP contribution in [0, 0.1) is 11.8 Å². The SMILES string of the molecule is CNC(C1CCOC1)C1CCOC2(CCOC2)C1. The van der Waals surface area contributed by atoms with Gasteiger partial charge in [-0.1, -0.05) is 0 Å². The van der Waals surface area contributed by atoms with E-state index in [4.69, 9.17) is 14.2 Å². The lowest BCUT2D eigenvalue weighted by molar-refractivity contribution is -0.105. The predicted octanol–water partition coefficient (Wildman–Crippen LogP) is 1.20. The van der Waals surface area contributed by atoms with E-state index in [1.54, 1.807) is 0 Å². The quantitative estimate of drug-likeness (QED) is 0.822. The van der Waals surface area contributed by atoms with Crippen molar-refractivity contribution in [3.05, 3.63) is 0 Å². The number of hydrogen-bond acceptors (Lipinski definition) is 4. The summed E-state index contributed by atoms with van der Waals surface area (Å²) in [6.45, 7) is 4.40. The van der Waals surface area contributed by atoms with Crippen molar-refractivity contribution in [1.82, 2.24) is 5.32 Å². The van der Waals surface area contributed by atoms with Gasteiger partial charge >= 0.3 is 0 Å². The van der Waals surface area contributed by atoms with Crippen LogP contribution in [-0.4, -0.2) is 51.7 Å². The molecule has 3 fully saturated rings. The van der Waals surface area contributed by atoms with Crippen molar-refractivity contribution < 1.29 is 14.2 Å². The molecule has 3 heterocycles. The van der Waals surface area contributed by atoms with Crippen LogP contribution >= 0.6 is 0 Å². The molecule has 0 aromatic heterocycles. The Hall–Kier alpha value is -0.160. The molecule has 1 N–H and O–H groups in total. The highest BCUT2D eigenvalue weighted by molar-refractivity contribution is 4.95. The summed E-state index contributed by atoms with van der Waals surface area (Å²) >= 11 is 0. The van der Waals surface area contributed by atoms with Gasteiger partial charge in [0.2, 0.25) is 0 Å². The lowest BCUT2D eigenvalue weighted by Gasteiger charge is -2.41. The molecule has 0 radical (unpaired) electrons. The first-order valence-corrected chi connectivity index (χ1v) is 7.30. The number of ether oxygens (including phenoxy) is 3. The third-order valence-electron chi connectivity index (χ3n) is 4.91. The molecule has 0 amide bonds. The monoisotopic (exact) mass is 255 g/mol. The van der Waals surface area contributed by atoms with Crippen LogP contribution in [-0.2, 0) is 14.2 Å². The summed E-state index contributed by atoms with van der Waals surface area (Å²) in [5.41, 5.74) is 0.0253. The molecule has 0 aliphatic carbocycles. The zero-order chi connectivity index (χ0) is 12.4. The van der Waals surface area contributed by atoms with E-state index in [1.165, 1.54) is 12.8 Å². The van der Waals surface area contributed by atoms with Crippen LogP contribution in [0.1, 0.15) is 25.7 Å². The molecule has 4 heteroatoms. The van der Waals surface area contributed by atoms with E-state index >= 15 is 0 Å². The van der Waals surface area contributed by atoms with Gasteiger partial charge in [0.1, 0.15) is 0 Å². The van der Waals surface area contributed by atoms with E-state index in [0.717, 1.165) is 45.9 Å². The van der Waals surface area contributed by atoms with Crippen molar-refractivity contribution in [2.45, 2.75) is 37.3 Å². The summed E-state index contributed by atoms with van der Waals surface area (Å²) in [6.07, 6.45) is 4.59. The van der Waals surface area contributed by atoms with E-state index in [-0.39, 0.29) is 5.60 Å². The fourth-order valence-corrected chi connectivity index (χ4v) is 3.93. The second-order valence-corrected chi connectivity index (χ2v) is 6.03. The van der Waals surface area contributed by atoms with E-state index in [0.29, 0.717) is 17.9 Å². The van der Waals surface area contributed by atoms with E-state index in [9.17, 15) is 0 Å². The Morgan fingerprint density at radius 1 is 1.11 bits per heavy atom. The fourth-order valence-electron chi connectivity index (χ4n) is 3.93. The number of hydrogen-bond donors (Lipinski definition) is 1. The Labute approximate surface area is 109 Å². The lowest BCUT2D eigenvalue weighted by atomic mass is 9.77. The minimum absolute atomic E-state index is 0.0253. The largest absolute Gasteiger partial charge is 0.381 e. The first-order chi connectivity index (χ1) is 8.83. The molecule has 4 unspecified atom stereocenters. The van der Waals surface area contributed by atoms with Crippen LogP contribution < -0.4 is 5.32 Å². The maximum absolute atomic E-state index is 6.03. The van der Waals surface area contributed by atoms with Crippen molar-refractivity contribution in [1.29, 1.82) is 0 Å². The van der Waals surface area contributed by atoms with Gasteiger partial charge in [0.25, 0.3) is 0 Å². The van der Waals surface area contributed by atoms with E-state index in [1.807, 2.05) is 0 Å². The second-order valence-electron chi connectivity index (χ2n) is 6.03. The van der Waals surface area contributed by atoms with Crippen LogP contribution in [0.15, 0.2) is 0 Å². The summed E-state index contributed by atoms with van der Waals surface area (Å²) in [4.78, 5) is 0. The van der Waals surface area contributed by atoms with Crippen LogP contribution in [0.3, 0.4) is 0 Å². The summed E-state index contributed by atoms with van der Waals surface area (Å²) in [6, 6.07) is 0.578. The van der Waals surface area contributed by atoms with Crippen molar-refractivity contribution in [2.75, 3.05) is 40.1 Å². The summed E-state index contributed by atoms with van der Waals surface area (Å²) in [5, 5.41) is 3.54. The van der Waals surface area contributed by atoms with Crippen LogP contribution in [0.4, 0.5) is 0 Å². The van der Waals surface area contributed by atoms with Gasteiger partial charge in [-0.2, -0.15) is 0 Å². The first-order valence-electron chi connectivity index (χ1n) is 7.30. The molecule has 4 nitrogen and oxygen atoms in total. The van der Waals surface area contributed by atoms with Gasteiger partial charge in [-0.25, -0.2) is 0 Å². The van der Waals surface area contributed by atoms with Gasteiger partial charge in [0, 0.05) is 38.2 Å². The highest BCUT2D eigenvalue weighted by Crippen LogP contribution is 2.39. The summed E-state index contributed by atoms with van der Waals surface area (Å²) in [7, 11) is 2.09. The number of rotatable bonds is 3. The van der Waals surface area contributed by atoms with Gasteiger partial charge in [-0.3, -0.25) is 0 Å². The molecular weight excluding hydrogens is 230 g/mol. The molecule has 3 saturated heterocycles. The minimum atomic E-state index is 0.0253. The number of nitrogens with one attached hydrogen (secondary N) is 1. The first kappa shape index (κ1) is 12.9. The predicted molar refractivity (Wildman–Crippen MR) is 68.6 cm³/mol. The maximum Gasteiger partial charge on any atom is 0.0939 e. The molecule has 1 spiro atoms. The summed E-state index contributed by atoms with van der Waals surface area (Å²) < 4.78 is 17.1. The van der Waals surface area contributed by atoms with Gasteiger partial charge in [0.15, 0.2) is 0 Å². The van der Waals surface area contributed by atoms with Crippen LogP contribution in [0.5, 0.6) is 0 Å². The molecule has 3 rings (SSSR count). The second kappa shape index (κ2) is 5.45.